The highest BCUT2D eigenvalue weighted by atomic mass is 16.5. The van der Waals surface area contributed by atoms with Crippen LogP contribution in [-0.4, -0.2) is 31.1 Å². The molecule has 4 heteroatoms. The predicted molar refractivity (Wildman–Crippen MR) is 69.4 cm³/mol. The van der Waals surface area contributed by atoms with Gasteiger partial charge >= 0.3 is 0 Å². The summed E-state index contributed by atoms with van der Waals surface area (Å²) in [7, 11) is 1.51. The van der Waals surface area contributed by atoms with E-state index < -0.39 is 0 Å². The molecule has 1 fully saturated rings. The van der Waals surface area contributed by atoms with Gasteiger partial charge in [-0.2, -0.15) is 0 Å². The van der Waals surface area contributed by atoms with Crippen LogP contribution in [-0.2, 0) is 6.42 Å². The number of piperidine rings is 1. The molecule has 1 heterocycles. The highest BCUT2D eigenvalue weighted by Crippen LogP contribution is 2.30. The topological polar surface area (TPSA) is 58.6 Å². The van der Waals surface area contributed by atoms with Gasteiger partial charge in [-0.3, -0.25) is 4.79 Å². The van der Waals surface area contributed by atoms with E-state index in [4.69, 9.17) is 4.74 Å². The van der Waals surface area contributed by atoms with E-state index in [1.54, 1.807) is 6.07 Å². The zero-order valence-electron chi connectivity index (χ0n) is 10.6. The fraction of sp³-hybridized carbons (Fsp3) is 0.500. The van der Waals surface area contributed by atoms with Gasteiger partial charge in [0.15, 0.2) is 11.5 Å². The van der Waals surface area contributed by atoms with E-state index in [-0.39, 0.29) is 5.75 Å². The quantitative estimate of drug-likeness (QED) is 0.800. The first-order chi connectivity index (χ1) is 8.74. The Hall–Kier alpha value is -1.55. The molecule has 0 aromatic heterocycles. The Bertz CT molecular complexity index is 425. The van der Waals surface area contributed by atoms with Crippen molar-refractivity contribution in [2.24, 2.45) is 0 Å². The van der Waals surface area contributed by atoms with E-state index in [1.807, 2.05) is 0 Å². The molecule has 4 nitrogen and oxygen atoms in total. The summed E-state index contributed by atoms with van der Waals surface area (Å²) in [5.74, 6) is 0.436. The van der Waals surface area contributed by atoms with Gasteiger partial charge in [-0.1, -0.05) is 6.42 Å². The van der Waals surface area contributed by atoms with Crippen LogP contribution in [0, 0.1) is 0 Å². The molecule has 1 aromatic carbocycles. The summed E-state index contributed by atoms with van der Waals surface area (Å²) in [6, 6.07) is 3.64. The Kier molecular flexibility index (Phi) is 4.20. The van der Waals surface area contributed by atoms with Crippen molar-refractivity contribution < 1.29 is 14.6 Å². The van der Waals surface area contributed by atoms with Crippen LogP contribution in [0.4, 0.5) is 0 Å². The molecule has 1 aliphatic rings. The molecule has 1 unspecified atom stereocenters. The molecule has 2 rings (SSSR count). The monoisotopic (exact) mass is 249 g/mol. The van der Waals surface area contributed by atoms with Crippen LogP contribution in [0.3, 0.4) is 0 Å². The number of rotatable bonds is 4. The fourth-order valence-corrected chi connectivity index (χ4v) is 2.44. The van der Waals surface area contributed by atoms with E-state index in [9.17, 15) is 9.90 Å². The van der Waals surface area contributed by atoms with E-state index in [2.05, 4.69) is 5.32 Å². The largest absolute Gasteiger partial charge is 0.504 e. The Morgan fingerprint density at radius 2 is 2.33 bits per heavy atom. The number of hydrogen-bond donors (Lipinski definition) is 2. The van der Waals surface area contributed by atoms with Crippen molar-refractivity contribution in [1.82, 2.24) is 5.32 Å². The van der Waals surface area contributed by atoms with Crippen molar-refractivity contribution in [3.8, 4) is 11.5 Å². The van der Waals surface area contributed by atoms with E-state index in [0.717, 1.165) is 31.2 Å². The number of phenols is 1. The van der Waals surface area contributed by atoms with Crippen molar-refractivity contribution in [3.05, 3.63) is 23.3 Å². The van der Waals surface area contributed by atoms with Gasteiger partial charge in [0.2, 0.25) is 0 Å². The number of aldehydes is 1. The summed E-state index contributed by atoms with van der Waals surface area (Å²) < 4.78 is 5.09. The second-order valence-corrected chi connectivity index (χ2v) is 4.69. The Morgan fingerprint density at radius 3 is 2.94 bits per heavy atom. The highest BCUT2D eigenvalue weighted by Gasteiger charge is 2.16. The van der Waals surface area contributed by atoms with Crippen molar-refractivity contribution >= 4 is 6.29 Å². The summed E-state index contributed by atoms with van der Waals surface area (Å²) in [6.45, 7) is 1.04. The maximum absolute atomic E-state index is 11.0. The van der Waals surface area contributed by atoms with Crippen LogP contribution in [0.25, 0.3) is 0 Å². The first kappa shape index (κ1) is 12.9. The second-order valence-electron chi connectivity index (χ2n) is 4.69. The minimum Gasteiger partial charge on any atom is -0.504 e. The number of carbonyl (C=O) groups is 1. The van der Waals surface area contributed by atoms with Gasteiger partial charge in [0.1, 0.15) is 6.29 Å². The zero-order chi connectivity index (χ0) is 13.0. The van der Waals surface area contributed by atoms with Gasteiger partial charge in [0.05, 0.1) is 7.11 Å². The van der Waals surface area contributed by atoms with Gasteiger partial charge in [-0.15, -0.1) is 0 Å². The van der Waals surface area contributed by atoms with Gasteiger partial charge < -0.3 is 15.2 Å². The van der Waals surface area contributed by atoms with Crippen molar-refractivity contribution in [1.29, 1.82) is 0 Å². The van der Waals surface area contributed by atoms with Gasteiger partial charge in [0, 0.05) is 11.6 Å². The lowest BCUT2D eigenvalue weighted by Crippen LogP contribution is -2.35. The molecule has 0 bridgehead atoms. The lowest BCUT2D eigenvalue weighted by atomic mass is 9.95. The lowest BCUT2D eigenvalue weighted by Gasteiger charge is -2.24. The normalized spacial score (nSPS) is 19.5. The second kappa shape index (κ2) is 5.87. The van der Waals surface area contributed by atoms with Crippen molar-refractivity contribution in [2.45, 2.75) is 31.7 Å². The maximum Gasteiger partial charge on any atom is 0.160 e. The van der Waals surface area contributed by atoms with Gasteiger partial charge in [-0.05, 0) is 43.5 Å². The first-order valence-electron chi connectivity index (χ1n) is 6.33. The average Bonchev–Trinajstić information content (AvgIpc) is 2.41. The first-order valence-corrected chi connectivity index (χ1v) is 6.33. The van der Waals surface area contributed by atoms with Crippen LogP contribution < -0.4 is 10.1 Å². The smallest absolute Gasteiger partial charge is 0.160 e. The Morgan fingerprint density at radius 1 is 1.50 bits per heavy atom. The standard InChI is InChI=1S/C14H19NO3/c1-18-14-8-10(11(9-16)7-13(14)17)6-12-4-2-3-5-15-12/h7-9,12,15,17H,2-6H2,1H3. The molecular weight excluding hydrogens is 230 g/mol. The molecular formula is C14H19NO3. The SMILES string of the molecule is COc1cc(CC2CCCCN2)c(C=O)cc1O. The van der Waals surface area contributed by atoms with E-state index in [1.165, 1.54) is 26.0 Å². The third-order valence-electron chi connectivity index (χ3n) is 3.45. The molecule has 18 heavy (non-hydrogen) atoms. The predicted octanol–water partition coefficient (Wildman–Crippen LogP) is 1.90. The number of methoxy groups -OCH3 is 1. The van der Waals surface area contributed by atoms with Crippen molar-refractivity contribution in [2.75, 3.05) is 13.7 Å². The number of benzene rings is 1. The summed E-state index contributed by atoms with van der Waals surface area (Å²) in [4.78, 5) is 11.0. The molecule has 1 saturated heterocycles. The summed E-state index contributed by atoms with van der Waals surface area (Å²) in [5.41, 5.74) is 1.47. The number of carbonyl (C=O) groups excluding carboxylic acids is 1. The minimum atomic E-state index is 0.0138. The zero-order valence-corrected chi connectivity index (χ0v) is 10.6. The number of ether oxygens (including phenoxy) is 1. The number of hydrogen-bond acceptors (Lipinski definition) is 4. The van der Waals surface area contributed by atoms with E-state index in [0.29, 0.717) is 17.4 Å². The highest BCUT2D eigenvalue weighted by molar-refractivity contribution is 5.79. The van der Waals surface area contributed by atoms with Crippen LogP contribution in [0.5, 0.6) is 11.5 Å². The van der Waals surface area contributed by atoms with Crippen LogP contribution in [0.2, 0.25) is 0 Å². The van der Waals surface area contributed by atoms with Crippen LogP contribution in [0.15, 0.2) is 12.1 Å². The molecule has 1 atom stereocenters. The summed E-state index contributed by atoms with van der Waals surface area (Å²) >= 11 is 0. The van der Waals surface area contributed by atoms with Crippen molar-refractivity contribution in [3.63, 3.8) is 0 Å². The molecule has 1 aromatic rings. The maximum atomic E-state index is 11.0. The molecule has 0 spiro atoms. The summed E-state index contributed by atoms with van der Waals surface area (Å²) in [5, 5.41) is 13.1. The molecule has 0 aliphatic carbocycles. The molecule has 2 N–H and O–H groups in total. The Balaban J connectivity index is 2.21. The minimum absolute atomic E-state index is 0.0138. The number of nitrogens with one attached hydrogen (secondary N) is 1. The van der Waals surface area contributed by atoms with Crippen LogP contribution in [0.1, 0.15) is 35.2 Å². The van der Waals surface area contributed by atoms with Gasteiger partial charge in [-0.25, -0.2) is 0 Å². The lowest BCUT2D eigenvalue weighted by molar-refractivity contribution is 0.112. The molecule has 98 valence electrons. The fourth-order valence-electron chi connectivity index (χ4n) is 2.44. The molecule has 0 amide bonds. The van der Waals surface area contributed by atoms with Crippen LogP contribution >= 0.6 is 0 Å². The average molecular weight is 249 g/mol. The third-order valence-corrected chi connectivity index (χ3v) is 3.45. The number of phenolic OH excluding ortho intramolecular Hbond substituents is 1. The van der Waals surface area contributed by atoms with E-state index >= 15 is 0 Å². The molecule has 0 saturated carbocycles. The molecule has 0 radical (unpaired) electrons. The third kappa shape index (κ3) is 2.82. The molecule has 1 aliphatic heterocycles. The Labute approximate surface area is 107 Å². The summed E-state index contributed by atoms with van der Waals surface area (Å²) in [6.07, 6.45) is 5.16. The van der Waals surface area contributed by atoms with Gasteiger partial charge in [0.25, 0.3) is 0 Å². The number of aromatic hydroxyl groups is 1.